The summed E-state index contributed by atoms with van der Waals surface area (Å²) in [6.45, 7) is 1.78. The van der Waals surface area contributed by atoms with Crippen molar-refractivity contribution in [1.29, 1.82) is 0 Å². The number of aromatic nitrogens is 1. The molecule has 2 aromatic rings. The molecule has 0 bridgehead atoms. The van der Waals surface area contributed by atoms with Gasteiger partial charge in [0.15, 0.2) is 5.15 Å². The van der Waals surface area contributed by atoms with E-state index in [4.69, 9.17) is 27.6 Å². The Morgan fingerprint density at radius 3 is 2.82 bits per heavy atom. The second-order valence-corrected chi connectivity index (χ2v) is 4.14. The van der Waals surface area contributed by atoms with Crippen LogP contribution in [0, 0.1) is 6.92 Å². The first kappa shape index (κ1) is 12.0. The summed E-state index contributed by atoms with van der Waals surface area (Å²) in [4.78, 5) is 15.6. The summed E-state index contributed by atoms with van der Waals surface area (Å²) in [5.41, 5.74) is 1.60. The van der Waals surface area contributed by atoms with Crippen LogP contribution >= 0.6 is 23.2 Å². The Kier molecular flexibility index (Phi) is 3.36. The molecule has 1 amide bonds. The van der Waals surface area contributed by atoms with Gasteiger partial charge in [0.2, 0.25) is 0 Å². The summed E-state index contributed by atoms with van der Waals surface area (Å²) in [5.74, 6) is -0.312. The maximum absolute atomic E-state index is 11.8. The van der Waals surface area contributed by atoms with E-state index < -0.39 is 0 Å². The highest BCUT2D eigenvalue weighted by Crippen LogP contribution is 2.26. The molecule has 0 aliphatic carbocycles. The van der Waals surface area contributed by atoms with Gasteiger partial charge in [0.1, 0.15) is 11.4 Å². The summed E-state index contributed by atoms with van der Waals surface area (Å²) < 4.78 is 4.82. The van der Waals surface area contributed by atoms with Gasteiger partial charge < -0.3 is 9.73 Å². The Hall–Kier alpha value is -1.52. The summed E-state index contributed by atoms with van der Waals surface area (Å²) in [5, 5.41) is 3.10. The second-order valence-electron chi connectivity index (χ2n) is 3.39. The van der Waals surface area contributed by atoms with Crippen LogP contribution in [0.15, 0.2) is 29.1 Å². The fourth-order valence-electron chi connectivity index (χ4n) is 1.32. The van der Waals surface area contributed by atoms with Crippen LogP contribution in [0.3, 0.4) is 0 Å². The lowest BCUT2D eigenvalue weighted by Crippen LogP contribution is -2.12. The number of aryl methyl sites for hydroxylation is 1. The first-order valence-electron chi connectivity index (χ1n) is 4.74. The maximum atomic E-state index is 11.8. The van der Waals surface area contributed by atoms with E-state index in [1.807, 2.05) is 0 Å². The van der Waals surface area contributed by atoms with Crippen molar-refractivity contribution in [3.05, 3.63) is 46.1 Å². The quantitative estimate of drug-likeness (QED) is 0.850. The smallest absolute Gasteiger partial charge is 0.259 e. The van der Waals surface area contributed by atoms with Crippen molar-refractivity contribution < 1.29 is 9.21 Å². The Balaban J connectivity index is 2.28. The van der Waals surface area contributed by atoms with Crippen LogP contribution in [-0.4, -0.2) is 10.9 Å². The van der Waals surface area contributed by atoms with Crippen LogP contribution in [0.5, 0.6) is 0 Å². The van der Waals surface area contributed by atoms with E-state index >= 15 is 0 Å². The first-order chi connectivity index (χ1) is 8.08. The molecule has 0 fully saturated rings. The predicted molar refractivity (Wildman–Crippen MR) is 65.7 cm³/mol. The van der Waals surface area contributed by atoms with Crippen molar-refractivity contribution in [3.63, 3.8) is 0 Å². The SMILES string of the molecule is Cc1cc(Cl)nc(Cl)c1NC(=O)c1ccoc1. The molecule has 2 rings (SSSR count). The normalized spacial score (nSPS) is 10.3. The summed E-state index contributed by atoms with van der Waals surface area (Å²) in [6, 6.07) is 3.18. The Bertz CT molecular complexity index is 530. The molecule has 0 aliphatic rings. The average Bonchev–Trinajstić information content (AvgIpc) is 2.76. The van der Waals surface area contributed by atoms with Gasteiger partial charge in [0.25, 0.3) is 5.91 Å². The van der Waals surface area contributed by atoms with Gasteiger partial charge in [0, 0.05) is 0 Å². The lowest BCUT2D eigenvalue weighted by atomic mass is 10.2. The monoisotopic (exact) mass is 270 g/mol. The van der Waals surface area contributed by atoms with Crippen LogP contribution in [-0.2, 0) is 0 Å². The number of hydrogen-bond donors (Lipinski definition) is 1. The molecule has 0 spiro atoms. The maximum Gasteiger partial charge on any atom is 0.259 e. The van der Waals surface area contributed by atoms with E-state index in [9.17, 15) is 4.79 Å². The Labute approximate surface area is 108 Å². The third kappa shape index (κ3) is 2.60. The molecule has 88 valence electrons. The van der Waals surface area contributed by atoms with Crippen molar-refractivity contribution in [2.75, 3.05) is 5.32 Å². The number of furan rings is 1. The van der Waals surface area contributed by atoms with Crippen LogP contribution in [0.1, 0.15) is 15.9 Å². The number of carbonyl (C=O) groups is 1. The molecule has 0 aliphatic heterocycles. The number of hydrogen-bond acceptors (Lipinski definition) is 3. The molecule has 6 heteroatoms. The highest BCUT2D eigenvalue weighted by molar-refractivity contribution is 6.35. The van der Waals surface area contributed by atoms with Crippen LogP contribution in [0.2, 0.25) is 10.3 Å². The lowest BCUT2D eigenvalue weighted by molar-refractivity contribution is 0.102. The van der Waals surface area contributed by atoms with Crippen molar-refractivity contribution in [1.82, 2.24) is 4.98 Å². The lowest BCUT2D eigenvalue weighted by Gasteiger charge is -2.09. The minimum absolute atomic E-state index is 0.159. The minimum atomic E-state index is -0.312. The van der Waals surface area contributed by atoms with E-state index in [-0.39, 0.29) is 16.2 Å². The van der Waals surface area contributed by atoms with Gasteiger partial charge in [-0.05, 0) is 24.6 Å². The highest BCUT2D eigenvalue weighted by atomic mass is 35.5. The molecule has 0 saturated carbocycles. The first-order valence-corrected chi connectivity index (χ1v) is 5.49. The van der Waals surface area contributed by atoms with Gasteiger partial charge in [-0.25, -0.2) is 4.98 Å². The van der Waals surface area contributed by atoms with Gasteiger partial charge in [0.05, 0.1) is 17.5 Å². The number of pyridine rings is 1. The molecule has 2 heterocycles. The van der Waals surface area contributed by atoms with Crippen molar-refractivity contribution in [2.45, 2.75) is 6.92 Å². The number of nitrogens with one attached hydrogen (secondary N) is 1. The number of rotatable bonds is 2. The Morgan fingerprint density at radius 2 is 2.24 bits per heavy atom. The number of amides is 1. The summed E-state index contributed by atoms with van der Waals surface area (Å²) in [6.07, 6.45) is 2.77. The zero-order valence-corrected chi connectivity index (χ0v) is 10.3. The standard InChI is InChI=1S/C11H8Cl2N2O2/c1-6-4-8(12)14-10(13)9(6)15-11(16)7-2-3-17-5-7/h2-5H,1H3,(H,15,16). The summed E-state index contributed by atoms with van der Waals surface area (Å²) in [7, 11) is 0. The largest absolute Gasteiger partial charge is 0.472 e. The molecule has 4 nitrogen and oxygen atoms in total. The second kappa shape index (κ2) is 4.77. The van der Waals surface area contributed by atoms with E-state index in [2.05, 4.69) is 10.3 Å². The van der Waals surface area contributed by atoms with Crippen LogP contribution < -0.4 is 5.32 Å². The zero-order valence-electron chi connectivity index (χ0n) is 8.83. The van der Waals surface area contributed by atoms with Gasteiger partial charge in [-0.1, -0.05) is 23.2 Å². The average molecular weight is 271 g/mol. The molecule has 0 saturated heterocycles. The zero-order chi connectivity index (χ0) is 12.4. The van der Waals surface area contributed by atoms with E-state index in [0.29, 0.717) is 11.3 Å². The van der Waals surface area contributed by atoms with Gasteiger partial charge in [-0.2, -0.15) is 0 Å². The highest BCUT2D eigenvalue weighted by Gasteiger charge is 2.13. The van der Waals surface area contributed by atoms with E-state index in [1.165, 1.54) is 12.5 Å². The van der Waals surface area contributed by atoms with Crippen molar-refractivity contribution in [3.8, 4) is 0 Å². The fraction of sp³-hybridized carbons (Fsp3) is 0.0909. The third-order valence-corrected chi connectivity index (χ3v) is 2.63. The van der Waals surface area contributed by atoms with E-state index in [0.717, 1.165) is 5.56 Å². The van der Waals surface area contributed by atoms with Gasteiger partial charge in [-0.15, -0.1) is 0 Å². The molecule has 2 aromatic heterocycles. The van der Waals surface area contributed by atoms with Crippen molar-refractivity contribution >= 4 is 34.8 Å². The van der Waals surface area contributed by atoms with E-state index in [1.54, 1.807) is 19.1 Å². The number of carbonyl (C=O) groups excluding carboxylic acids is 1. The molecule has 0 atom stereocenters. The molecular formula is C11H8Cl2N2O2. The molecule has 0 radical (unpaired) electrons. The molecular weight excluding hydrogens is 263 g/mol. The van der Waals surface area contributed by atoms with Crippen LogP contribution in [0.4, 0.5) is 5.69 Å². The minimum Gasteiger partial charge on any atom is -0.472 e. The predicted octanol–water partition coefficient (Wildman–Crippen LogP) is 3.54. The topological polar surface area (TPSA) is 55.1 Å². The number of nitrogens with zero attached hydrogens (tertiary/aromatic N) is 1. The van der Waals surface area contributed by atoms with Gasteiger partial charge >= 0.3 is 0 Å². The van der Waals surface area contributed by atoms with Crippen molar-refractivity contribution in [2.24, 2.45) is 0 Å². The molecule has 0 aromatic carbocycles. The van der Waals surface area contributed by atoms with Crippen LogP contribution in [0.25, 0.3) is 0 Å². The Morgan fingerprint density at radius 1 is 1.47 bits per heavy atom. The number of halogens is 2. The third-order valence-electron chi connectivity index (χ3n) is 2.16. The van der Waals surface area contributed by atoms with Gasteiger partial charge in [-0.3, -0.25) is 4.79 Å². The number of anilines is 1. The molecule has 0 unspecified atom stereocenters. The fourth-order valence-corrected chi connectivity index (χ4v) is 1.90. The molecule has 1 N–H and O–H groups in total. The molecule has 17 heavy (non-hydrogen) atoms. The summed E-state index contributed by atoms with van der Waals surface area (Å²) >= 11 is 11.6.